The maximum atomic E-state index is 6.01. The summed E-state index contributed by atoms with van der Waals surface area (Å²) in [5.74, 6) is 1.01. The van der Waals surface area contributed by atoms with E-state index in [9.17, 15) is 0 Å². The fourth-order valence-electron chi connectivity index (χ4n) is 2.87. The second-order valence-electron chi connectivity index (χ2n) is 6.04. The Morgan fingerprint density at radius 2 is 2.00 bits per heavy atom. The van der Waals surface area contributed by atoms with E-state index in [0.29, 0.717) is 6.61 Å². The van der Waals surface area contributed by atoms with Crippen molar-refractivity contribution >= 4 is 0 Å². The third kappa shape index (κ3) is 4.22. The van der Waals surface area contributed by atoms with E-state index in [4.69, 9.17) is 15.2 Å². The van der Waals surface area contributed by atoms with Gasteiger partial charge in [0.2, 0.25) is 0 Å². The number of rotatable bonds is 5. The number of benzene rings is 1. The van der Waals surface area contributed by atoms with Crippen LogP contribution in [0.1, 0.15) is 42.9 Å². The van der Waals surface area contributed by atoms with Crippen LogP contribution in [0.25, 0.3) is 0 Å². The minimum atomic E-state index is 0.191. The van der Waals surface area contributed by atoms with Gasteiger partial charge in [0.05, 0.1) is 6.10 Å². The molecule has 0 aromatic heterocycles. The molecule has 1 aliphatic rings. The lowest BCUT2D eigenvalue weighted by molar-refractivity contribution is -0.0113. The molecule has 0 saturated carbocycles. The lowest BCUT2D eigenvalue weighted by Gasteiger charge is -2.24. The first-order chi connectivity index (χ1) is 9.56. The molecule has 20 heavy (non-hydrogen) atoms. The van der Waals surface area contributed by atoms with Crippen molar-refractivity contribution in [2.45, 2.75) is 58.6 Å². The standard InChI is InChI=1S/C17H27NO2/c1-12-8-15(10-14(3)18)9-13(2)17(12)20-11-16-6-4-5-7-19-16/h8-9,14,16H,4-7,10-11,18H2,1-3H3. The van der Waals surface area contributed by atoms with Crippen molar-refractivity contribution in [2.75, 3.05) is 13.2 Å². The van der Waals surface area contributed by atoms with Crippen molar-refractivity contribution in [1.82, 2.24) is 0 Å². The largest absolute Gasteiger partial charge is 0.490 e. The summed E-state index contributed by atoms with van der Waals surface area (Å²) in [5, 5.41) is 0. The van der Waals surface area contributed by atoms with Crippen LogP contribution in [0.3, 0.4) is 0 Å². The quantitative estimate of drug-likeness (QED) is 0.899. The Labute approximate surface area is 122 Å². The maximum absolute atomic E-state index is 6.01. The predicted octanol–water partition coefficient (Wildman–Crippen LogP) is 3.14. The molecule has 1 aromatic rings. The van der Waals surface area contributed by atoms with Crippen LogP contribution in [0.4, 0.5) is 0 Å². The molecule has 3 nitrogen and oxygen atoms in total. The van der Waals surface area contributed by atoms with Gasteiger partial charge in [-0.1, -0.05) is 12.1 Å². The minimum absolute atomic E-state index is 0.191. The highest BCUT2D eigenvalue weighted by Gasteiger charge is 2.16. The number of aryl methyl sites for hydroxylation is 2. The summed E-state index contributed by atoms with van der Waals surface area (Å²) >= 11 is 0. The van der Waals surface area contributed by atoms with Gasteiger partial charge in [0, 0.05) is 12.6 Å². The van der Waals surface area contributed by atoms with Crippen LogP contribution in [-0.4, -0.2) is 25.4 Å². The number of hydrogen-bond donors (Lipinski definition) is 1. The highest BCUT2D eigenvalue weighted by Crippen LogP contribution is 2.26. The molecule has 0 bridgehead atoms. The van der Waals surface area contributed by atoms with Crippen molar-refractivity contribution in [3.8, 4) is 5.75 Å². The summed E-state index contributed by atoms with van der Waals surface area (Å²) in [6, 6.07) is 4.57. The summed E-state index contributed by atoms with van der Waals surface area (Å²) in [6.45, 7) is 7.78. The Morgan fingerprint density at radius 3 is 2.55 bits per heavy atom. The summed E-state index contributed by atoms with van der Waals surface area (Å²) in [6.07, 6.45) is 4.71. The van der Waals surface area contributed by atoms with Gasteiger partial charge in [0.15, 0.2) is 0 Å². The van der Waals surface area contributed by atoms with E-state index in [2.05, 4.69) is 26.0 Å². The van der Waals surface area contributed by atoms with Crippen molar-refractivity contribution < 1.29 is 9.47 Å². The van der Waals surface area contributed by atoms with Gasteiger partial charge in [-0.05, 0) is 63.1 Å². The summed E-state index contributed by atoms with van der Waals surface area (Å²) in [5.41, 5.74) is 9.54. The molecule has 0 spiro atoms. The second-order valence-corrected chi connectivity index (χ2v) is 6.04. The Kier molecular flexibility index (Phi) is 5.44. The highest BCUT2D eigenvalue weighted by atomic mass is 16.5. The molecule has 1 aromatic carbocycles. The molecule has 2 N–H and O–H groups in total. The molecule has 2 atom stereocenters. The molecule has 1 saturated heterocycles. The van der Waals surface area contributed by atoms with Gasteiger partial charge in [0.1, 0.15) is 12.4 Å². The first kappa shape index (κ1) is 15.3. The molecule has 1 fully saturated rings. The Hall–Kier alpha value is -1.06. The van der Waals surface area contributed by atoms with Gasteiger partial charge in [-0.3, -0.25) is 0 Å². The Bertz CT molecular complexity index is 414. The summed E-state index contributed by atoms with van der Waals surface area (Å²) in [7, 11) is 0. The van der Waals surface area contributed by atoms with Crippen molar-refractivity contribution in [2.24, 2.45) is 5.73 Å². The van der Waals surface area contributed by atoms with E-state index in [1.54, 1.807) is 0 Å². The van der Waals surface area contributed by atoms with Crippen LogP contribution in [0.2, 0.25) is 0 Å². The Morgan fingerprint density at radius 1 is 1.30 bits per heavy atom. The molecule has 3 heteroatoms. The average Bonchev–Trinajstić information content (AvgIpc) is 2.38. The van der Waals surface area contributed by atoms with Crippen molar-refractivity contribution in [3.63, 3.8) is 0 Å². The normalized spacial score (nSPS) is 20.7. The van der Waals surface area contributed by atoms with Crippen LogP contribution in [-0.2, 0) is 11.2 Å². The number of hydrogen-bond acceptors (Lipinski definition) is 3. The van der Waals surface area contributed by atoms with Gasteiger partial charge >= 0.3 is 0 Å². The first-order valence-electron chi connectivity index (χ1n) is 7.66. The van der Waals surface area contributed by atoms with E-state index in [1.165, 1.54) is 29.5 Å². The lowest BCUT2D eigenvalue weighted by atomic mass is 10.0. The molecule has 2 unspecified atom stereocenters. The Balaban J connectivity index is 2.00. The van der Waals surface area contributed by atoms with E-state index >= 15 is 0 Å². The van der Waals surface area contributed by atoms with Crippen LogP contribution in [0.15, 0.2) is 12.1 Å². The third-order valence-electron chi connectivity index (χ3n) is 3.77. The first-order valence-corrected chi connectivity index (χ1v) is 7.66. The zero-order valence-corrected chi connectivity index (χ0v) is 12.9. The molecule has 112 valence electrons. The van der Waals surface area contributed by atoms with Crippen LogP contribution in [0, 0.1) is 13.8 Å². The molecule has 0 radical (unpaired) electrons. The maximum Gasteiger partial charge on any atom is 0.125 e. The zero-order valence-electron chi connectivity index (χ0n) is 12.9. The molecule has 1 heterocycles. The zero-order chi connectivity index (χ0) is 14.5. The van der Waals surface area contributed by atoms with Crippen LogP contribution < -0.4 is 10.5 Å². The number of ether oxygens (including phenoxy) is 2. The van der Waals surface area contributed by atoms with Crippen LogP contribution in [0.5, 0.6) is 5.75 Å². The van der Waals surface area contributed by atoms with Gasteiger partial charge < -0.3 is 15.2 Å². The SMILES string of the molecule is Cc1cc(CC(C)N)cc(C)c1OCC1CCCCO1. The second kappa shape index (κ2) is 7.09. The fraction of sp³-hybridized carbons (Fsp3) is 0.647. The lowest BCUT2D eigenvalue weighted by Crippen LogP contribution is -2.26. The minimum Gasteiger partial charge on any atom is -0.490 e. The van der Waals surface area contributed by atoms with E-state index in [0.717, 1.165) is 25.2 Å². The van der Waals surface area contributed by atoms with E-state index < -0.39 is 0 Å². The molecule has 0 aliphatic carbocycles. The molecule has 2 rings (SSSR count). The smallest absolute Gasteiger partial charge is 0.125 e. The van der Waals surface area contributed by atoms with E-state index in [-0.39, 0.29) is 12.1 Å². The van der Waals surface area contributed by atoms with Crippen LogP contribution >= 0.6 is 0 Å². The average molecular weight is 277 g/mol. The molecule has 0 amide bonds. The van der Waals surface area contributed by atoms with Gasteiger partial charge in [-0.2, -0.15) is 0 Å². The van der Waals surface area contributed by atoms with Crippen molar-refractivity contribution in [1.29, 1.82) is 0 Å². The summed E-state index contributed by atoms with van der Waals surface area (Å²) < 4.78 is 11.7. The third-order valence-corrected chi connectivity index (χ3v) is 3.77. The monoisotopic (exact) mass is 277 g/mol. The topological polar surface area (TPSA) is 44.5 Å². The predicted molar refractivity (Wildman–Crippen MR) is 82.4 cm³/mol. The molecule has 1 aliphatic heterocycles. The van der Waals surface area contributed by atoms with Gasteiger partial charge in [0.25, 0.3) is 0 Å². The van der Waals surface area contributed by atoms with E-state index in [1.807, 2.05) is 6.92 Å². The van der Waals surface area contributed by atoms with Crippen molar-refractivity contribution in [3.05, 3.63) is 28.8 Å². The number of nitrogens with two attached hydrogens (primary N) is 1. The summed E-state index contributed by atoms with van der Waals surface area (Å²) in [4.78, 5) is 0. The molecular weight excluding hydrogens is 250 g/mol. The molecular formula is C17H27NO2. The van der Waals surface area contributed by atoms with Gasteiger partial charge in [-0.25, -0.2) is 0 Å². The highest BCUT2D eigenvalue weighted by molar-refractivity contribution is 5.43. The van der Waals surface area contributed by atoms with Gasteiger partial charge in [-0.15, -0.1) is 0 Å². The fourth-order valence-corrected chi connectivity index (χ4v) is 2.87.